The normalized spacial score (nSPS) is 11.1. The Kier molecular flexibility index (Phi) is 2.84. The summed E-state index contributed by atoms with van der Waals surface area (Å²) in [6, 6.07) is 3.92. The number of benzene rings is 1. The molecular formula is C12H11BrClNO. The lowest BCUT2D eigenvalue weighted by Gasteiger charge is -2.12. The van der Waals surface area contributed by atoms with Crippen LogP contribution in [-0.4, -0.2) is 4.57 Å². The van der Waals surface area contributed by atoms with Crippen molar-refractivity contribution >= 4 is 38.4 Å². The van der Waals surface area contributed by atoms with Crippen molar-refractivity contribution in [3.8, 4) is 0 Å². The van der Waals surface area contributed by atoms with E-state index >= 15 is 0 Å². The lowest BCUT2D eigenvalue weighted by Crippen LogP contribution is -2.20. The average molecular weight is 301 g/mol. The maximum Gasteiger partial charge on any atom is 0.255 e. The monoisotopic (exact) mass is 299 g/mol. The van der Waals surface area contributed by atoms with Crippen molar-refractivity contribution in [3.05, 3.63) is 43.1 Å². The summed E-state index contributed by atoms with van der Waals surface area (Å²) in [5, 5.41) is 1.44. The van der Waals surface area contributed by atoms with Crippen LogP contribution in [-0.2, 0) is 7.05 Å². The SMILES string of the molecule is Cc1c(Cl)c2c(Br)ccc(C)c2n(C)c1=O. The fourth-order valence-corrected chi connectivity index (χ4v) is 2.85. The highest BCUT2D eigenvalue weighted by Crippen LogP contribution is 2.32. The fraction of sp³-hybridized carbons (Fsp3) is 0.250. The van der Waals surface area contributed by atoms with Crippen LogP contribution in [0.2, 0.25) is 5.02 Å². The average Bonchev–Trinajstić information content (AvgIpc) is 2.26. The Hall–Kier alpha value is -0.800. The predicted octanol–water partition coefficient (Wildman–Crippen LogP) is 3.57. The highest BCUT2D eigenvalue weighted by atomic mass is 79.9. The first kappa shape index (κ1) is 11.7. The number of fused-ring (bicyclic) bond motifs is 1. The molecule has 0 amide bonds. The van der Waals surface area contributed by atoms with Crippen molar-refractivity contribution in [2.24, 2.45) is 7.05 Å². The van der Waals surface area contributed by atoms with E-state index < -0.39 is 0 Å². The van der Waals surface area contributed by atoms with E-state index in [1.165, 1.54) is 0 Å². The fourth-order valence-electron chi connectivity index (χ4n) is 1.95. The topological polar surface area (TPSA) is 22.0 Å². The summed E-state index contributed by atoms with van der Waals surface area (Å²) in [5.41, 5.74) is 2.47. The summed E-state index contributed by atoms with van der Waals surface area (Å²) in [6.07, 6.45) is 0. The second kappa shape index (κ2) is 3.90. The van der Waals surface area contributed by atoms with Crippen molar-refractivity contribution in [3.63, 3.8) is 0 Å². The molecule has 0 spiro atoms. The second-order valence-corrected chi connectivity index (χ2v) is 5.12. The molecule has 0 unspecified atom stereocenters. The Morgan fingerprint density at radius 1 is 1.31 bits per heavy atom. The van der Waals surface area contributed by atoms with Gasteiger partial charge in [0.2, 0.25) is 0 Å². The van der Waals surface area contributed by atoms with Gasteiger partial charge in [-0.05, 0) is 25.5 Å². The molecule has 0 aliphatic carbocycles. The third-order valence-electron chi connectivity index (χ3n) is 2.84. The minimum absolute atomic E-state index is 0.0429. The molecule has 1 aromatic heterocycles. The first-order chi connectivity index (χ1) is 7.45. The van der Waals surface area contributed by atoms with Gasteiger partial charge < -0.3 is 4.57 Å². The van der Waals surface area contributed by atoms with Crippen molar-refractivity contribution in [1.29, 1.82) is 0 Å². The molecule has 16 heavy (non-hydrogen) atoms. The Balaban J connectivity index is 3.20. The molecule has 0 fully saturated rings. The molecule has 0 N–H and O–H groups in total. The van der Waals surface area contributed by atoms with Crippen molar-refractivity contribution in [2.45, 2.75) is 13.8 Å². The van der Waals surface area contributed by atoms with Gasteiger partial charge in [0.25, 0.3) is 5.56 Å². The minimum Gasteiger partial charge on any atom is -0.311 e. The Labute approximate surface area is 107 Å². The summed E-state index contributed by atoms with van der Waals surface area (Å²) in [4.78, 5) is 11.9. The lowest BCUT2D eigenvalue weighted by atomic mass is 10.1. The van der Waals surface area contributed by atoms with E-state index in [-0.39, 0.29) is 5.56 Å². The minimum atomic E-state index is -0.0429. The van der Waals surface area contributed by atoms with Crippen LogP contribution in [0.15, 0.2) is 21.4 Å². The summed E-state index contributed by atoms with van der Waals surface area (Å²) in [7, 11) is 1.77. The molecule has 0 radical (unpaired) electrons. The molecule has 0 aliphatic heterocycles. The van der Waals surface area contributed by atoms with Gasteiger partial charge in [-0.1, -0.05) is 33.6 Å². The first-order valence-corrected chi connectivity index (χ1v) is 6.06. The zero-order valence-corrected chi connectivity index (χ0v) is 11.6. The number of aromatic nitrogens is 1. The number of pyridine rings is 1. The molecule has 0 saturated heterocycles. The van der Waals surface area contributed by atoms with Gasteiger partial charge in [0, 0.05) is 22.5 Å². The molecule has 84 valence electrons. The van der Waals surface area contributed by atoms with Crippen LogP contribution in [0, 0.1) is 13.8 Å². The largest absolute Gasteiger partial charge is 0.311 e. The number of nitrogens with zero attached hydrogens (tertiary/aromatic N) is 1. The molecule has 2 nitrogen and oxygen atoms in total. The smallest absolute Gasteiger partial charge is 0.255 e. The molecule has 0 saturated carbocycles. The third kappa shape index (κ3) is 1.50. The van der Waals surface area contributed by atoms with E-state index in [9.17, 15) is 4.79 Å². The van der Waals surface area contributed by atoms with Crippen molar-refractivity contribution in [2.75, 3.05) is 0 Å². The summed E-state index contributed by atoms with van der Waals surface area (Å²) in [6.45, 7) is 3.72. The predicted molar refractivity (Wildman–Crippen MR) is 71.4 cm³/mol. The van der Waals surface area contributed by atoms with E-state index in [1.807, 2.05) is 19.1 Å². The molecule has 0 bridgehead atoms. The first-order valence-electron chi connectivity index (χ1n) is 4.89. The second-order valence-electron chi connectivity index (χ2n) is 3.89. The third-order valence-corrected chi connectivity index (χ3v) is 3.97. The number of rotatable bonds is 0. The van der Waals surface area contributed by atoms with Gasteiger partial charge in [-0.15, -0.1) is 0 Å². The highest BCUT2D eigenvalue weighted by Gasteiger charge is 2.14. The lowest BCUT2D eigenvalue weighted by molar-refractivity contribution is 0.889. The Bertz CT molecular complexity index is 646. The van der Waals surface area contributed by atoms with Gasteiger partial charge in [-0.25, -0.2) is 0 Å². The zero-order chi connectivity index (χ0) is 12.0. The van der Waals surface area contributed by atoms with Gasteiger partial charge >= 0.3 is 0 Å². The molecular weight excluding hydrogens is 289 g/mol. The van der Waals surface area contributed by atoms with Crippen LogP contribution in [0.25, 0.3) is 10.9 Å². The van der Waals surface area contributed by atoms with Gasteiger partial charge in [-0.2, -0.15) is 0 Å². The maximum atomic E-state index is 11.9. The summed E-state index contributed by atoms with van der Waals surface area (Å²) >= 11 is 9.71. The van der Waals surface area contributed by atoms with E-state index in [4.69, 9.17) is 11.6 Å². The van der Waals surface area contributed by atoms with E-state index in [2.05, 4.69) is 15.9 Å². The van der Waals surface area contributed by atoms with E-state index in [0.29, 0.717) is 10.6 Å². The van der Waals surface area contributed by atoms with Gasteiger partial charge in [-0.3, -0.25) is 4.79 Å². The molecule has 1 aromatic carbocycles. The van der Waals surface area contributed by atoms with Crippen LogP contribution in [0.5, 0.6) is 0 Å². The van der Waals surface area contributed by atoms with Gasteiger partial charge in [0.05, 0.1) is 10.5 Å². The molecule has 4 heteroatoms. The molecule has 2 aromatic rings. The molecule has 0 aliphatic rings. The standard InChI is InChI=1S/C12H11BrClNO/c1-6-4-5-8(13)9-10(14)7(2)12(16)15(3)11(6)9/h4-5H,1-3H3. The highest BCUT2D eigenvalue weighted by molar-refractivity contribution is 9.10. The molecule has 0 atom stereocenters. The Morgan fingerprint density at radius 2 is 1.94 bits per heavy atom. The number of aryl methyl sites for hydroxylation is 2. The van der Waals surface area contributed by atoms with Crippen LogP contribution in [0.3, 0.4) is 0 Å². The van der Waals surface area contributed by atoms with Crippen molar-refractivity contribution < 1.29 is 0 Å². The van der Waals surface area contributed by atoms with Crippen LogP contribution in [0.1, 0.15) is 11.1 Å². The zero-order valence-electron chi connectivity index (χ0n) is 9.27. The molecule has 1 heterocycles. The van der Waals surface area contributed by atoms with Gasteiger partial charge in [0.1, 0.15) is 0 Å². The van der Waals surface area contributed by atoms with Crippen LogP contribution >= 0.6 is 27.5 Å². The maximum absolute atomic E-state index is 11.9. The van der Waals surface area contributed by atoms with E-state index in [1.54, 1.807) is 18.5 Å². The number of hydrogen-bond donors (Lipinski definition) is 0. The summed E-state index contributed by atoms with van der Waals surface area (Å²) in [5.74, 6) is 0. The Morgan fingerprint density at radius 3 is 2.56 bits per heavy atom. The summed E-state index contributed by atoms with van der Waals surface area (Å²) < 4.78 is 2.56. The van der Waals surface area contributed by atoms with E-state index in [0.717, 1.165) is 20.9 Å². The quantitative estimate of drug-likeness (QED) is 0.729. The van der Waals surface area contributed by atoms with Crippen LogP contribution < -0.4 is 5.56 Å². The molecule has 2 rings (SSSR count). The van der Waals surface area contributed by atoms with Crippen molar-refractivity contribution in [1.82, 2.24) is 4.57 Å². The number of hydrogen-bond acceptors (Lipinski definition) is 1. The van der Waals surface area contributed by atoms with Gasteiger partial charge in [0.15, 0.2) is 0 Å². The number of halogens is 2. The van der Waals surface area contributed by atoms with Crippen LogP contribution in [0.4, 0.5) is 0 Å².